The number of ketones is 1. The summed E-state index contributed by atoms with van der Waals surface area (Å²) in [6, 6.07) is 9.81. The maximum atomic E-state index is 12.9. The molecule has 0 fully saturated rings. The monoisotopic (exact) mass is 303 g/mol. The highest BCUT2D eigenvalue weighted by Gasteiger charge is 2.11. The normalized spacial score (nSPS) is 10.8. The number of furan rings is 1. The van der Waals surface area contributed by atoms with E-state index in [1.165, 1.54) is 12.1 Å². The first-order valence-corrected chi connectivity index (χ1v) is 7.76. The van der Waals surface area contributed by atoms with Crippen molar-refractivity contribution in [2.75, 3.05) is 13.1 Å². The van der Waals surface area contributed by atoms with Gasteiger partial charge >= 0.3 is 0 Å². The molecule has 2 rings (SSSR count). The number of rotatable bonds is 9. The molecular weight excluding hydrogens is 281 g/mol. The molecule has 0 saturated carbocycles. The van der Waals surface area contributed by atoms with Crippen LogP contribution in [0.4, 0.5) is 4.39 Å². The van der Waals surface area contributed by atoms with Crippen molar-refractivity contribution in [2.24, 2.45) is 0 Å². The predicted octanol–water partition coefficient (Wildman–Crippen LogP) is 3.97. The molecule has 0 aliphatic carbocycles. The maximum Gasteiger partial charge on any atom is 0.199 e. The summed E-state index contributed by atoms with van der Waals surface area (Å²) in [6.07, 6.45) is 3.26. The van der Waals surface area contributed by atoms with Gasteiger partial charge in [-0.25, -0.2) is 4.39 Å². The third kappa shape index (κ3) is 5.11. The van der Waals surface area contributed by atoms with Crippen LogP contribution >= 0.6 is 0 Å². The highest BCUT2D eigenvalue weighted by atomic mass is 19.1. The van der Waals surface area contributed by atoms with E-state index in [9.17, 15) is 9.18 Å². The fraction of sp³-hybridized carbons (Fsp3) is 0.389. The van der Waals surface area contributed by atoms with Crippen LogP contribution in [0.1, 0.15) is 48.1 Å². The SMILES string of the molecule is CCCCNCCC(=O)c1ccc(Cc2ccc(F)cc2)o1. The van der Waals surface area contributed by atoms with Crippen molar-refractivity contribution >= 4 is 5.78 Å². The third-order valence-electron chi connectivity index (χ3n) is 3.46. The molecule has 0 amide bonds. The van der Waals surface area contributed by atoms with Crippen molar-refractivity contribution in [1.82, 2.24) is 5.32 Å². The summed E-state index contributed by atoms with van der Waals surface area (Å²) in [7, 11) is 0. The highest BCUT2D eigenvalue weighted by Crippen LogP contribution is 2.15. The number of hydrogen-bond acceptors (Lipinski definition) is 3. The average Bonchev–Trinajstić information content (AvgIpc) is 2.98. The first-order valence-electron chi connectivity index (χ1n) is 7.76. The second kappa shape index (κ2) is 8.49. The van der Waals surface area contributed by atoms with Gasteiger partial charge < -0.3 is 9.73 Å². The third-order valence-corrected chi connectivity index (χ3v) is 3.46. The van der Waals surface area contributed by atoms with Crippen LogP contribution in [0.3, 0.4) is 0 Å². The number of carbonyl (C=O) groups is 1. The Labute approximate surface area is 130 Å². The smallest absolute Gasteiger partial charge is 0.199 e. The van der Waals surface area contributed by atoms with Gasteiger partial charge in [0.25, 0.3) is 0 Å². The number of Topliss-reactive ketones (excluding diaryl/α,β-unsaturated/α-hetero) is 1. The van der Waals surface area contributed by atoms with Crippen LogP contribution in [0.5, 0.6) is 0 Å². The summed E-state index contributed by atoms with van der Waals surface area (Å²) in [5.74, 6) is 0.868. The summed E-state index contributed by atoms with van der Waals surface area (Å²) in [6.45, 7) is 3.75. The van der Waals surface area contributed by atoms with E-state index >= 15 is 0 Å². The fourth-order valence-corrected chi connectivity index (χ4v) is 2.18. The molecule has 118 valence electrons. The molecule has 0 spiro atoms. The second-order valence-electron chi connectivity index (χ2n) is 5.35. The summed E-state index contributed by atoms with van der Waals surface area (Å²) < 4.78 is 18.4. The van der Waals surface area contributed by atoms with E-state index in [-0.39, 0.29) is 11.6 Å². The molecule has 0 aliphatic heterocycles. The lowest BCUT2D eigenvalue weighted by molar-refractivity contribution is 0.0954. The molecule has 2 aromatic rings. The summed E-state index contributed by atoms with van der Waals surface area (Å²) in [4.78, 5) is 12.0. The lowest BCUT2D eigenvalue weighted by atomic mass is 10.1. The van der Waals surface area contributed by atoms with Gasteiger partial charge in [0.1, 0.15) is 11.6 Å². The van der Waals surface area contributed by atoms with Crippen LogP contribution in [0.15, 0.2) is 40.8 Å². The minimum absolute atomic E-state index is 0.00866. The van der Waals surface area contributed by atoms with E-state index in [4.69, 9.17) is 4.42 Å². The molecule has 0 bridgehead atoms. The maximum absolute atomic E-state index is 12.9. The molecule has 0 saturated heterocycles. The number of benzene rings is 1. The Balaban J connectivity index is 1.82. The Kier molecular flexibility index (Phi) is 6.34. The molecule has 0 unspecified atom stereocenters. The molecule has 22 heavy (non-hydrogen) atoms. The summed E-state index contributed by atoms with van der Waals surface area (Å²) >= 11 is 0. The van der Waals surface area contributed by atoms with Crippen LogP contribution in [-0.4, -0.2) is 18.9 Å². The molecule has 1 aromatic carbocycles. The Morgan fingerprint density at radius 1 is 1.14 bits per heavy atom. The van der Waals surface area contributed by atoms with Gasteiger partial charge in [0.15, 0.2) is 11.5 Å². The quantitative estimate of drug-likeness (QED) is 0.563. The van der Waals surface area contributed by atoms with Crippen molar-refractivity contribution in [3.8, 4) is 0 Å². The second-order valence-corrected chi connectivity index (χ2v) is 5.35. The van der Waals surface area contributed by atoms with Gasteiger partial charge in [0, 0.05) is 19.4 Å². The molecule has 0 atom stereocenters. The Hall–Kier alpha value is -1.94. The van der Waals surface area contributed by atoms with Crippen LogP contribution in [0.25, 0.3) is 0 Å². The lowest BCUT2D eigenvalue weighted by Gasteiger charge is -2.02. The van der Waals surface area contributed by atoms with E-state index in [0.717, 1.165) is 24.9 Å². The molecular formula is C18H22FNO2. The zero-order valence-corrected chi connectivity index (χ0v) is 12.9. The molecule has 1 aromatic heterocycles. The number of nitrogens with one attached hydrogen (secondary N) is 1. The Bertz CT molecular complexity index is 589. The molecule has 0 radical (unpaired) electrons. The van der Waals surface area contributed by atoms with Crippen LogP contribution < -0.4 is 5.32 Å². The number of halogens is 1. The molecule has 1 heterocycles. The van der Waals surface area contributed by atoms with Gasteiger partial charge in [-0.2, -0.15) is 0 Å². The first kappa shape index (κ1) is 16.4. The average molecular weight is 303 g/mol. The number of hydrogen-bond donors (Lipinski definition) is 1. The van der Waals surface area contributed by atoms with E-state index < -0.39 is 0 Å². The molecule has 4 heteroatoms. The highest BCUT2D eigenvalue weighted by molar-refractivity contribution is 5.93. The Morgan fingerprint density at radius 3 is 2.64 bits per heavy atom. The minimum Gasteiger partial charge on any atom is -0.458 e. The molecule has 1 N–H and O–H groups in total. The lowest BCUT2D eigenvalue weighted by Crippen LogP contribution is -2.19. The number of carbonyl (C=O) groups excluding carboxylic acids is 1. The van der Waals surface area contributed by atoms with Gasteiger partial charge in [0.2, 0.25) is 0 Å². The van der Waals surface area contributed by atoms with Crippen molar-refractivity contribution in [3.63, 3.8) is 0 Å². The Morgan fingerprint density at radius 2 is 1.91 bits per heavy atom. The summed E-state index contributed by atoms with van der Waals surface area (Å²) in [5.41, 5.74) is 0.955. The van der Waals surface area contributed by atoms with E-state index in [1.54, 1.807) is 24.3 Å². The fourth-order valence-electron chi connectivity index (χ4n) is 2.18. The van der Waals surface area contributed by atoms with Gasteiger partial charge in [-0.05, 0) is 42.8 Å². The van der Waals surface area contributed by atoms with Crippen molar-refractivity contribution < 1.29 is 13.6 Å². The number of unbranched alkanes of at least 4 members (excludes halogenated alkanes) is 1. The topological polar surface area (TPSA) is 42.2 Å². The van der Waals surface area contributed by atoms with Crippen molar-refractivity contribution in [2.45, 2.75) is 32.6 Å². The minimum atomic E-state index is -0.255. The summed E-state index contributed by atoms with van der Waals surface area (Å²) in [5, 5.41) is 3.24. The first-order chi connectivity index (χ1) is 10.7. The van der Waals surface area contributed by atoms with Gasteiger partial charge in [-0.1, -0.05) is 25.5 Å². The van der Waals surface area contributed by atoms with Crippen LogP contribution in [-0.2, 0) is 6.42 Å². The zero-order valence-electron chi connectivity index (χ0n) is 12.9. The van der Waals surface area contributed by atoms with E-state index in [2.05, 4.69) is 12.2 Å². The molecule has 0 aliphatic rings. The molecule has 3 nitrogen and oxygen atoms in total. The van der Waals surface area contributed by atoms with Gasteiger partial charge in [0.05, 0.1) is 0 Å². The van der Waals surface area contributed by atoms with Crippen molar-refractivity contribution in [1.29, 1.82) is 0 Å². The van der Waals surface area contributed by atoms with Crippen molar-refractivity contribution in [3.05, 3.63) is 59.3 Å². The van der Waals surface area contributed by atoms with E-state index in [0.29, 0.717) is 30.9 Å². The van der Waals surface area contributed by atoms with Crippen LogP contribution in [0.2, 0.25) is 0 Å². The standard InChI is InChI=1S/C18H22FNO2/c1-2-3-11-20-12-10-17(21)18-9-8-16(22-18)13-14-4-6-15(19)7-5-14/h4-9,20H,2-3,10-13H2,1H3. The van der Waals surface area contributed by atoms with Gasteiger partial charge in [-0.15, -0.1) is 0 Å². The predicted molar refractivity (Wildman–Crippen MR) is 84.6 cm³/mol. The zero-order chi connectivity index (χ0) is 15.8. The van der Waals surface area contributed by atoms with Crippen LogP contribution in [0, 0.1) is 5.82 Å². The van der Waals surface area contributed by atoms with E-state index in [1.807, 2.05) is 0 Å². The van der Waals surface area contributed by atoms with Gasteiger partial charge in [-0.3, -0.25) is 4.79 Å². The largest absolute Gasteiger partial charge is 0.458 e.